The van der Waals surface area contributed by atoms with Gasteiger partial charge in [0, 0.05) is 12.1 Å². The van der Waals surface area contributed by atoms with Crippen LogP contribution in [0, 0.1) is 10.1 Å². The molecule has 1 aliphatic carbocycles. The van der Waals surface area contributed by atoms with Gasteiger partial charge in [-0.2, -0.15) is 0 Å². The van der Waals surface area contributed by atoms with Gasteiger partial charge in [-0.1, -0.05) is 6.07 Å². The molecule has 1 fully saturated rings. The van der Waals surface area contributed by atoms with Crippen LogP contribution in [-0.2, 0) is 14.3 Å². The largest absolute Gasteiger partial charge is 0.451 e. The van der Waals surface area contributed by atoms with Crippen LogP contribution in [0.2, 0.25) is 0 Å². The van der Waals surface area contributed by atoms with Crippen molar-refractivity contribution >= 4 is 29.4 Å². The Morgan fingerprint density at radius 3 is 2.52 bits per heavy atom. The molecule has 0 bridgehead atoms. The van der Waals surface area contributed by atoms with Gasteiger partial charge in [0.1, 0.15) is 11.6 Å². The molecule has 1 saturated carbocycles. The van der Waals surface area contributed by atoms with Gasteiger partial charge in [-0.05, 0) is 32.8 Å². The highest BCUT2D eigenvalue weighted by Gasteiger charge is 2.45. The van der Waals surface area contributed by atoms with Crippen LogP contribution < -0.4 is 5.32 Å². The van der Waals surface area contributed by atoms with Crippen LogP contribution in [0.5, 0.6) is 0 Å². The lowest BCUT2D eigenvalue weighted by Gasteiger charge is -2.22. The summed E-state index contributed by atoms with van der Waals surface area (Å²) in [4.78, 5) is 60.3. The van der Waals surface area contributed by atoms with Crippen LogP contribution in [0.4, 0.5) is 5.69 Å². The first-order valence-corrected chi connectivity index (χ1v) is 8.38. The van der Waals surface area contributed by atoms with Gasteiger partial charge in [0.05, 0.1) is 10.5 Å². The summed E-state index contributed by atoms with van der Waals surface area (Å²) in [5, 5.41) is 13.8. The number of carbonyl (C=O) groups excluding carboxylic acids is 4. The molecule has 1 aliphatic heterocycles. The van der Waals surface area contributed by atoms with Crippen molar-refractivity contribution < 1.29 is 28.8 Å². The van der Waals surface area contributed by atoms with E-state index in [0.29, 0.717) is 4.90 Å². The summed E-state index contributed by atoms with van der Waals surface area (Å²) >= 11 is 0. The van der Waals surface area contributed by atoms with E-state index in [9.17, 15) is 29.3 Å². The number of nitro groups is 1. The second-order valence-corrected chi connectivity index (χ2v) is 6.48. The number of benzene rings is 1. The third kappa shape index (κ3) is 3.37. The Balaban J connectivity index is 1.75. The number of ether oxygens (including phenoxy) is 1. The first-order valence-electron chi connectivity index (χ1n) is 8.38. The number of carbonyl (C=O) groups is 4. The molecule has 10 heteroatoms. The van der Waals surface area contributed by atoms with E-state index in [0.717, 1.165) is 18.9 Å². The van der Waals surface area contributed by atoms with Crippen LogP contribution in [0.1, 0.15) is 47.4 Å². The predicted octanol–water partition coefficient (Wildman–Crippen LogP) is 0.790. The van der Waals surface area contributed by atoms with Crippen LogP contribution in [0.25, 0.3) is 0 Å². The lowest BCUT2D eigenvalue weighted by atomic mass is 10.1. The Bertz CT molecular complexity index is 862. The first-order chi connectivity index (χ1) is 12.7. The standard InChI is InChI=1S/C17H17N3O7/c1-8(17(24)27-9(2)14(21)18-10-6-7-10)19-15(22)11-4-3-5-12(20(25)26)13(11)16(19)23/h3-5,8-10H,6-7H2,1-2H3,(H,18,21)/t8-,9-/m1/s1. The van der Waals surface area contributed by atoms with Gasteiger partial charge in [-0.15, -0.1) is 0 Å². The Kier molecular flexibility index (Phi) is 4.64. The number of hydrogen-bond donors (Lipinski definition) is 1. The van der Waals surface area contributed by atoms with Crippen molar-refractivity contribution in [3.05, 3.63) is 39.4 Å². The fourth-order valence-electron chi connectivity index (χ4n) is 2.77. The maximum absolute atomic E-state index is 12.6. The number of amides is 3. The van der Waals surface area contributed by atoms with Crippen molar-refractivity contribution in [2.75, 3.05) is 0 Å². The zero-order valence-electron chi connectivity index (χ0n) is 14.6. The van der Waals surface area contributed by atoms with Crippen LogP contribution in [0.3, 0.4) is 0 Å². The fourth-order valence-corrected chi connectivity index (χ4v) is 2.77. The Morgan fingerprint density at radius 1 is 1.26 bits per heavy atom. The molecule has 1 aromatic carbocycles. The molecule has 2 aliphatic rings. The van der Waals surface area contributed by atoms with Crippen molar-refractivity contribution in [1.29, 1.82) is 0 Å². The monoisotopic (exact) mass is 375 g/mol. The van der Waals surface area contributed by atoms with Crippen molar-refractivity contribution in [2.24, 2.45) is 0 Å². The molecule has 0 aromatic heterocycles. The molecule has 1 heterocycles. The van der Waals surface area contributed by atoms with E-state index < -0.39 is 46.4 Å². The molecule has 10 nitrogen and oxygen atoms in total. The predicted molar refractivity (Wildman–Crippen MR) is 89.8 cm³/mol. The molecule has 2 atom stereocenters. The zero-order valence-corrected chi connectivity index (χ0v) is 14.6. The number of hydrogen-bond acceptors (Lipinski definition) is 7. The third-order valence-corrected chi connectivity index (χ3v) is 4.44. The second kappa shape index (κ2) is 6.78. The highest BCUT2D eigenvalue weighted by molar-refractivity contribution is 6.24. The Hall–Kier alpha value is -3.30. The fraction of sp³-hybridized carbons (Fsp3) is 0.412. The molecule has 1 N–H and O–H groups in total. The highest BCUT2D eigenvalue weighted by atomic mass is 16.6. The SMILES string of the molecule is C[C@H](C(=O)O[C@H](C)C(=O)NC1CC1)N1C(=O)c2cccc([N+](=O)[O-])c2C1=O. The zero-order chi connectivity index (χ0) is 19.9. The quantitative estimate of drug-likeness (QED) is 0.336. The Labute approximate surface area is 153 Å². The van der Waals surface area contributed by atoms with Crippen molar-refractivity contribution in [1.82, 2.24) is 10.2 Å². The van der Waals surface area contributed by atoms with Gasteiger partial charge in [0.2, 0.25) is 0 Å². The summed E-state index contributed by atoms with van der Waals surface area (Å²) in [6, 6.07) is 2.44. The number of esters is 1. The average molecular weight is 375 g/mol. The van der Waals surface area contributed by atoms with Crippen molar-refractivity contribution in [3.8, 4) is 0 Å². The maximum Gasteiger partial charge on any atom is 0.329 e. The molecule has 3 rings (SSSR count). The highest BCUT2D eigenvalue weighted by Crippen LogP contribution is 2.32. The van der Waals surface area contributed by atoms with E-state index in [4.69, 9.17) is 4.74 Å². The molecule has 0 radical (unpaired) electrons. The van der Waals surface area contributed by atoms with Crippen molar-refractivity contribution in [2.45, 2.75) is 44.9 Å². The molecule has 142 valence electrons. The van der Waals surface area contributed by atoms with Crippen LogP contribution >= 0.6 is 0 Å². The lowest BCUT2D eigenvalue weighted by molar-refractivity contribution is -0.385. The van der Waals surface area contributed by atoms with Gasteiger partial charge in [0.25, 0.3) is 23.4 Å². The van der Waals surface area contributed by atoms with E-state index in [1.54, 1.807) is 0 Å². The molecule has 0 spiro atoms. The normalized spacial score (nSPS) is 17.9. The van der Waals surface area contributed by atoms with E-state index in [2.05, 4.69) is 5.32 Å². The molecular formula is C17H17N3O7. The molecule has 1 aromatic rings. The third-order valence-electron chi connectivity index (χ3n) is 4.44. The molecular weight excluding hydrogens is 358 g/mol. The molecule has 3 amide bonds. The van der Waals surface area contributed by atoms with E-state index in [1.165, 1.54) is 26.0 Å². The number of nitro benzene ring substituents is 1. The molecule has 27 heavy (non-hydrogen) atoms. The summed E-state index contributed by atoms with van der Waals surface area (Å²) in [5.74, 6) is -3.18. The van der Waals surface area contributed by atoms with E-state index in [-0.39, 0.29) is 17.2 Å². The number of nitrogens with zero attached hydrogens (tertiary/aromatic N) is 2. The van der Waals surface area contributed by atoms with Crippen molar-refractivity contribution in [3.63, 3.8) is 0 Å². The minimum atomic E-state index is -1.34. The number of nitrogens with one attached hydrogen (secondary N) is 1. The van der Waals surface area contributed by atoms with Gasteiger partial charge in [-0.3, -0.25) is 29.4 Å². The lowest BCUT2D eigenvalue weighted by Crippen LogP contribution is -2.46. The average Bonchev–Trinajstić information content (AvgIpc) is 3.40. The summed E-state index contributed by atoms with van der Waals surface area (Å²) in [6.45, 7) is 2.65. The number of fused-ring (bicyclic) bond motifs is 1. The number of imide groups is 1. The maximum atomic E-state index is 12.6. The topological polar surface area (TPSA) is 136 Å². The first kappa shape index (κ1) is 18.5. The second-order valence-electron chi connectivity index (χ2n) is 6.48. The van der Waals surface area contributed by atoms with Crippen LogP contribution in [0.15, 0.2) is 18.2 Å². The summed E-state index contributed by atoms with van der Waals surface area (Å²) < 4.78 is 5.06. The molecule has 0 unspecified atom stereocenters. The molecule has 0 saturated heterocycles. The smallest absolute Gasteiger partial charge is 0.329 e. The number of rotatable bonds is 6. The van der Waals surface area contributed by atoms with E-state index in [1.807, 2.05) is 0 Å². The minimum Gasteiger partial charge on any atom is -0.451 e. The Morgan fingerprint density at radius 2 is 1.93 bits per heavy atom. The summed E-state index contributed by atoms with van der Waals surface area (Å²) in [5.41, 5.74) is -1.01. The minimum absolute atomic E-state index is 0.0906. The van der Waals surface area contributed by atoms with Gasteiger partial charge < -0.3 is 10.1 Å². The summed E-state index contributed by atoms with van der Waals surface area (Å²) in [7, 11) is 0. The van der Waals surface area contributed by atoms with Gasteiger partial charge in [0.15, 0.2) is 6.10 Å². The van der Waals surface area contributed by atoms with Gasteiger partial charge in [-0.25, -0.2) is 4.79 Å². The summed E-state index contributed by atoms with van der Waals surface area (Å²) in [6.07, 6.45) is 0.651. The van der Waals surface area contributed by atoms with E-state index >= 15 is 0 Å². The van der Waals surface area contributed by atoms with Crippen LogP contribution in [-0.4, -0.2) is 51.7 Å². The van der Waals surface area contributed by atoms with Gasteiger partial charge >= 0.3 is 5.97 Å².